The molecule has 1 amide bonds. The molecule has 0 saturated carbocycles. The molecule has 1 unspecified atom stereocenters. The minimum atomic E-state index is -1.03. The topological polar surface area (TPSA) is 115 Å². The molecular weight excluding hydrogens is 424 g/mol. The molecule has 166 valence electrons. The van der Waals surface area contributed by atoms with E-state index < -0.39 is 23.8 Å². The maximum Gasteiger partial charge on any atom is 0.339 e. The summed E-state index contributed by atoms with van der Waals surface area (Å²) >= 11 is 5.79. The molecule has 1 aromatic carbocycles. The molecule has 9 heteroatoms. The second-order valence-corrected chi connectivity index (χ2v) is 7.42. The third-order valence-corrected chi connectivity index (χ3v) is 4.95. The Balaban J connectivity index is 1.83. The molecule has 0 aliphatic heterocycles. The van der Waals surface area contributed by atoms with Crippen LogP contribution in [0.3, 0.4) is 0 Å². The fourth-order valence-corrected chi connectivity index (χ4v) is 3.18. The van der Waals surface area contributed by atoms with Crippen LogP contribution in [-0.2, 0) is 14.3 Å². The quantitative estimate of drug-likeness (QED) is 0.345. The predicted molar refractivity (Wildman–Crippen MR) is 115 cm³/mol. The molecule has 0 fully saturated rings. The molecule has 0 aliphatic rings. The van der Waals surface area contributed by atoms with Crippen LogP contribution in [0, 0.1) is 13.8 Å². The fourth-order valence-electron chi connectivity index (χ4n) is 3.06. The lowest BCUT2D eigenvalue weighted by Crippen LogP contribution is -2.27. The van der Waals surface area contributed by atoms with Crippen molar-refractivity contribution < 1.29 is 28.7 Å². The van der Waals surface area contributed by atoms with Crippen LogP contribution in [0.4, 0.5) is 0 Å². The largest absolute Gasteiger partial charge is 0.465 e. The number of benzene rings is 1. The zero-order valence-electron chi connectivity index (χ0n) is 17.8. The SMILES string of the molecule is COC(=O)c1c(C)[nH]c(C(=O)C(C)OC(=O)CCCNC(=O)c2ccc(Cl)cc2)c1C. The van der Waals surface area contributed by atoms with E-state index in [-0.39, 0.29) is 24.6 Å². The molecule has 0 bridgehead atoms. The minimum Gasteiger partial charge on any atom is -0.465 e. The number of hydrogen-bond donors (Lipinski definition) is 2. The van der Waals surface area contributed by atoms with E-state index in [1.54, 1.807) is 38.1 Å². The highest BCUT2D eigenvalue weighted by Gasteiger charge is 2.27. The first-order valence-electron chi connectivity index (χ1n) is 9.70. The molecule has 1 atom stereocenters. The summed E-state index contributed by atoms with van der Waals surface area (Å²) in [6.07, 6.45) is -0.640. The van der Waals surface area contributed by atoms with E-state index in [1.165, 1.54) is 14.0 Å². The molecule has 2 N–H and O–H groups in total. The van der Waals surface area contributed by atoms with Crippen LogP contribution < -0.4 is 5.32 Å². The number of nitrogens with one attached hydrogen (secondary N) is 2. The van der Waals surface area contributed by atoms with Gasteiger partial charge in [-0.15, -0.1) is 0 Å². The van der Waals surface area contributed by atoms with E-state index in [1.807, 2.05) is 0 Å². The van der Waals surface area contributed by atoms with Crippen LogP contribution in [0.2, 0.25) is 5.02 Å². The van der Waals surface area contributed by atoms with Gasteiger partial charge in [0.05, 0.1) is 18.4 Å². The number of aromatic nitrogens is 1. The zero-order chi connectivity index (χ0) is 23.1. The molecule has 1 heterocycles. The smallest absolute Gasteiger partial charge is 0.339 e. The van der Waals surface area contributed by atoms with Crippen molar-refractivity contribution in [2.75, 3.05) is 13.7 Å². The fraction of sp³-hybridized carbons (Fsp3) is 0.364. The van der Waals surface area contributed by atoms with Gasteiger partial charge in [0.15, 0.2) is 6.10 Å². The van der Waals surface area contributed by atoms with Crippen molar-refractivity contribution in [2.24, 2.45) is 0 Å². The van der Waals surface area contributed by atoms with Gasteiger partial charge in [0, 0.05) is 29.2 Å². The molecule has 1 aromatic heterocycles. The first-order valence-corrected chi connectivity index (χ1v) is 10.1. The Kier molecular flexibility index (Phi) is 8.38. The van der Waals surface area contributed by atoms with Crippen LogP contribution in [0.25, 0.3) is 0 Å². The number of carbonyl (C=O) groups excluding carboxylic acids is 4. The Morgan fingerprint density at radius 3 is 2.39 bits per heavy atom. The van der Waals surface area contributed by atoms with Crippen LogP contribution >= 0.6 is 11.6 Å². The summed E-state index contributed by atoms with van der Waals surface area (Å²) in [5, 5.41) is 3.24. The van der Waals surface area contributed by atoms with Crippen molar-refractivity contribution in [3.8, 4) is 0 Å². The second-order valence-electron chi connectivity index (χ2n) is 6.98. The number of rotatable bonds is 9. The summed E-state index contributed by atoms with van der Waals surface area (Å²) in [6, 6.07) is 6.45. The maximum absolute atomic E-state index is 12.7. The number of Topliss-reactive ketones (excluding diaryl/α,β-unsaturated/α-hetero) is 1. The van der Waals surface area contributed by atoms with Crippen molar-refractivity contribution in [1.29, 1.82) is 0 Å². The van der Waals surface area contributed by atoms with Crippen molar-refractivity contribution >= 4 is 35.2 Å². The summed E-state index contributed by atoms with van der Waals surface area (Å²) in [4.78, 5) is 51.5. The highest BCUT2D eigenvalue weighted by atomic mass is 35.5. The Bertz CT molecular complexity index is 981. The molecule has 2 aromatic rings. The van der Waals surface area contributed by atoms with E-state index >= 15 is 0 Å². The molecular formula is C22H25ClN2O6. The number of esters is 2. The van der Waals surface area contributed by atoms with Crippen molar-refractivity contribution in [1.82, 2.24) is 10.3 Å². The zero-order valence-corrected chi connectivity index (χ0v) is 18.6. The Morgan fingerprint density at radius 1 is 1.13 bits per heavy atom. The first kappa shape index (κ1) is 24.1. The van der Waals surface area contributed by atoms with Gasteiger partial charge in [0.25, 0.3) is 5.91 Å². The standard InChI is InChI=1S/C22H25ClN2O6/c1-12-18(22(29)30-4)13(2)25-19(12)20(27)14(3)31-17(26)6-5-11-24-21(28)15-7-9-16(23)10-8-15/h7-10,14,25H,5-6,11H2,1-4H3,(H,24,28). The number of H-pyrrole nitrogens is 1. The lowest BCUT2D eigenvalue weighted by Gasteiger charge is -2.12. The molecule has 0 saturated heterocycles. The number of aryl methyl sites for hydroxylation is 1. The number of halogens is 1. The van der Waals surface area contributed by atoms with Crippen LogP contribution in [0.5, 0.6) is 0 Å². The summed E-state index contributed by atoms with van der Waals surface area (Å²) in [5.74, 6) is -1.82. The molecule has 0 radical (unpaired) electrons. The lowest BCUT2D eigenvalue weighted by molar-refractivity contribution is -0.146. The van der Waals surface area contributed by atoms with Gasteiger partial charge in [-0.05, 0) is 57.0 Å². The molecule has 31 heavy (non-hydrogen) atoms. The molecule has 8 nitrogen and oxygen atoms in total. The van der Waals surface area contributed by atoms with Crippen LogP contribution in [-0.4, -0.2) is 48.4 Å². The normalized spacial score (nSPS) is 11.5. The van der Waals surface area contributed by atoms with E-state index in [9.17, 15) is 19.2 Å². The third kappa shape index (κ3) is 6.18. The number of carbonyl (C=O) groups is 4. The van der Waals surface area contributed by atoms with Crippen LogP contribution in [0.1, 0.15) is 62.2 Å². The van der Waals surface area contributed by atoms with E-state index in [4.69, 9.17) is 21.1 Å². The maximum atomic E-state index is 12.7. The Morgan fingerprint density at radius 2 is 1.77 bits per heavy atom. The number of ketones is 1. The van der Waals surface area contributed by atoms with Gasteiger partial charge in [0.1, 0.15) is 0 Å². The Hall–Kier alpha value is -3.13. The summed E-state index contributed by atoms with van der Waals surface area (Å²) in [5.41, 5.74) is 1.91. The summed E-state index contributed by atoms with van der Waals surface area (Å²) < 4.78 is 9.94. The van der Waals surface area contributed by atoms with E-state index in [0.29, 0.717) is 33.8 Å². The van der Waals surface area contributed by atoms with E-state index in [2.05, 4.69) is 10.3 Å². The van der Waals surface area contributed by atoms with Gasteiger partial charge < -0.3 is 19.8 Å². The van der Waals surface area contributed by atoms with Crippen molar-refractivity contribution in [2.45, 2.75) is 39.7 Å². The van der Waals surface area contributed by atoms with Gasteiger partial charge in [0.2, 0.25) is 5.78 Å². The van der Waals surface area contributed by atoms with Crippen LogP contribution in [0.15, 0.2) is 24.3 Å². The van der Waals surface area contributed by atoms with Crippen molar-refractivity contribution in [3.05, 3.63) is 57.4 Å². The van der Waals surface area contributed by atoms with Gasteiger partial charge in [-0.2, -0.15) is 0 Å². The van der Waals surface area contributed by atoms with Gasteiger partial charge in [-0.25, -0.2) is 4.79 Å². The minimum absolute atomic E-state index is 0.0364. The first-order chi connectivity index (χ1) is 14.6. The lowest BCUT2D eigenvalue weighted by atomic mass is 10.1. The van der Waals surface area contributed by atoms with Gasteiger partial charge in [-0.3, -0.25) is 14.4 Å². The third-order valence-electron chi connectivity index (χ3n) is 4.70. The average Bonchev–Trinajstić information content (AvgIpc) is 3.04. The Labute approximate surface area is 185 Å². The molecule has 2 rings (SSSR count). The number of aromatic amines is 1. The number of amides is 1. The monoisotopic (exact) mass is 448 g/mol. The van der Waals surface area contributed by atoms with Gasteiger partial charge >= 0.3 is 11.9 Å². The highest BCUT2D eigenvalue weighted by Crippen LogP contribution is 2.21. The second kappa shape index (κ2) is 10.8. The summed E-state index contributed by atoms with van der Waals surface area (Å²) in [6.45, 7) is 5.03. The number of ether oxygens (including phenoxy) is 2. The average molecular weight is 449 g/mol. The van der Waals surface area contributed by atoms with Crippen molar-refractivity contribution in [3.63, 3.8) is 0 Å². The number of hydrogen-bond acceptors (Lipinski definition) is 6. The highest BCUT2D eigenvalue weighted by molar-refractivity contribution is 6.30. The number of methoxy groups -OCH3 is 1. The summed E-state index contributed by atoms with van der Waals surface area (Å²) in [7, 11) is 1.26. The van der Waals surface area contributed by atoms with Gasteiger partial charge in [-0.1, -0.05) is 11.6 Å². The molecule has 0 aliphatic carbocycles. The predicted octanol–water partition coefficient (Wildman–Crippen LogP) is 3.40. The molecule has 0 spiro atoms. The van der Waals surface area contributed by atoms with E-state index in [0.717, 1.165) is 0 Å².